The molecule has 6 nitrogen and oxygen atoms in total. The summed E-state index contributed by atoms with van der Waals surface area (Å²) in [6.07, 6.45) is 0.953. The second kappa shape index (κ2) is 6.08. The lowest BCUT2D eigenvalue weighted by molar-refractivity contribution is 0.317. The molecule has 0 unspecified atom stereocenters. The first-order valence-electron chi connectivity index (χ1n) is 7.45. The minimum atomic E-state index is -0.530. The third-order valence-electron chi connectivity index (χ3n) is 3.52. The molecule has 0 atom stereocenters. The number of fused-ring (bicyclic) bond motifs is 1. The van der Waals surface area contributed by atoms with E-state index in [4.69, 9.17) is 4.74 Å². The first kappa shape index (κ1) is 15.0. The predicted molar refractivity (Wildman–Crippen MR) is 88.9 cm³/mol. The van der Waals surface area contributed by atoms with Crippen molar-refractivity contribution in [3.8, 4) is 17.0 Å². The van der Waals surface area contributed by atoms with Crippen LogP contribution in [0.2, 0.25) is 0 Å². The monoisotopic (exact) mass is 311 g/mol. The lowest BCUT2D eigenvalue weighted by Crippen LogP contribution is -2.23. The first-order chi connectivity index (χ1) is 11.1. The Labute approximate surface area is 132 Å². The lowest BCUT2D eigenvalue weighted by atomic mass is 10.1. The molecule has 1 aromatic carbocycles. The summed E-state index contributed by atoms with van der Waals surface area (Å²) in [5.41, 5.74) is 2.02. The molecule has 0 aliphatic carbocycles. The van der Waals surface area contributed by atoms with Crippen molar-refractivity contribution in [1.29, 1.82) is 0 Å². The molecule has 23 heavy (non-hydrogen) atoms. The zero-order valence-corrected chi connectivity index (χ0v) is 13.0. The standard InChI is InChI=1S/C17H17N3O3/c1-3-8-23-12-6-4-11(5-7-12)13-9-10(2)14-15(18-13)16(21)20-17(22)19-14/h4-7,9H,3,8H2,1-2H3,(H2,19,20,21,22). The van der Waals surface area contributed by atoms with Crippen molar-refractivity contribution in [2.24, 2.45) is 0 Å². The van der Waals surface area contributed by atoms with Gasteiger partial charge in [-0.1, -0.05) is 6.92 Å². The van der Waals surface area contributed by atoms with Crippen molar-refractivity contribution in [2.75, 3.05) is 6.61 Å². The van der Waals surface area contributed by atoms with Gasteiger partial charge in [0.15, 0.2) is 5.52 Å². The fourth-order valence-corrected chi connectivity index (χ4v) is 2.39. The number of aromatic nitrogens is 3. The number of hydrogen-bond acceptors (Lipinski definition) is 4. The Hall–Kier alpha value is -2.89. The molecular weight excluding hydrogens is 294 g/mol. The molecule has 3 aromatic rings. The molecule has 0 aliphatic rings. The van der Waals surface area contributed by atoms with E-state index in [1.165, 1.54) is 0 Å². The highest BCUT2D eigenvalue weighted by Gasteiger charge is 2.09. The van der Waals surface area contributed by atoms with E-state index >= 15 is 0 Å². The summed E-state index contributed by atoms with van der Waals surface area (Å²) in [4.78, 5) is 32.5. The Morgan fingerprint density at radius 1 is 1.13 bits per heavy atom. The number of hydrogen-bond donors (Lipinski definition) is 2. The number of aromatic amines is 2. The normalized spacial score (nSPS) is 10.9. The molecule has 0 amide bonds. The van der Waals surface area contributed by atoms with Crippen LogP contribution in [0.25, 0.3) is 22.3 Å². The first-order valence-corrected chi connectivity index (χ1v) is 7.45. The predicted octanol–water partition coefficient (Wildman–Crippen LogP) is 2.38. The number of rotatable bonds is 4. The Balaban J connectivity index is 2.06. The van der Waals surface area contributed by atoms with Crippen LogP contribution < -0.4 is 16.0 Å². The van der Waals surface area contributed by atoms with E-state index in [0.29, 0.717) is 17.8 Å². The third-order valence-corrected chi connectivity index (χ3v) is 3.52. The zero-order chi connectivity index (χ0) is 16.4. The smallest absolute Gasteiger partial charge is 0.326 e. The summed E-state index contributed by atoms with van der Waals surface area (Å²) >= 11 is 0. The van der Waals surface area contributed by atoms with Crippen LogP contribution in [0.4, 0.5) is 0 Å². The second-order valence-corrected chi connectivity index (χ2v) is 5.33. The lowest BCUT2D eigenvalue weighted by Gasteiger charge is -2.08. The van der Waals surface area contributed by atoms with Crippen LogP contribution in [0.3, 0.4) is 0 Å². The average molecular weight is 311 g/mol. The Bertz CT molecular complexity index is 955. The van der Waals surface area contributed by atoms with Crippen molar-refractivity contribution in [3.63, 3.8) is 0 Å². The fourth-order valence-electron chi connectivity index (χ4n) is 2.39. The van der Waals surface area contributed by atoms with E-state index < -0.39 is 11.2 Å². The number of aryl methyl sites for hydroxylation is 1. The van der Waals surface area contributed by atoms with Crippen molar-refractivity contribution >= 4 is 11.0 Å². The van der Waals surface area contributed by atoms with Gasteiger partial charge >= 0.3 is 5.69 Å². The van der Waals surface area contributed by atoms with Gasteiger partial charge in [0.2, 0.25) is 0 Å². The van der Waals surface area contributed by atoms with Gasteiger partial charge in [-0.25, -0.2) is 9.78 Å². The third kappa shape index (κ3) is 3.01. The molecule has 0 saturated heterocycles. The molecule has 0 radical (unpaired) electrons. The highest BCUT2D eigenvalue weighted by molar-refractivity contribution is 5.80. The number of pyridine rings is 1. The maximum atomic E-state index is 11.9. The van der Waals surface area contributed by atoms with E-state index in [-0.39, 0.29) is 5.52 Å². The molecule has 118 valence electrons. The molecule has 2 heterocycles. The molecule has 2 N–H and O–H groups in total. The van der Waals surface area contributed by atoms with E-state index in [1.54, 1.807) is 0 Å². The molecule has 0 aliphatic heterocycles. The Morgan fingerprint density at radius 3 is 2.57 bits per heavy atom. The minimum absolute atomic E-state index is 0.228. The number of ether oxygens (including phenoxy) is 1. The van der Waals surface area contributed by atoms with Crippen LogP contribution in [0.15, 0.2) is 39.9 Å². The summed E-state index contributed by atoms with van der Waals surface area (Å²) in [7, 11) is 0. The Morgan fingerprint density at radius 2 is 1.87 bits per heavy atom. The summed E-state index contributed by atoms with van der Waals surface area (Å²) in [5.74, 6) is 0.801. The maximum Gasteiger partial charge on any atom is 0.326 e. The topological polar surface area (TPSA) is 87.8 Å². The van der Waals surface area contributed by atoms with Gasteiger partial charge < -0.3 is 9.72 Å². The van der Waals surface area contributed by atoms with Gasteiger partial charge in [0.25, 0.3) is 5.56 Å². The second-order valence-electron chi connectivity index (χ2n) is 5.33. The highest BCUT2D eigenvalue weighted by Crippen LogP contribution is 2.23. The van der Waals surface area contributed by atoms with Gasteiger partial charge in [0.1, 0.15) is 5.75 Å². The van der Waals surface area contributed by atoms with Crippen LogP contribution in [-0.2, 0) is 0 Å². The Kier molecular flexibility index (Phi) is 3.97. The number of benzene rings is 1. The summed E-state index contributed by atoms with van der Waals surface area (Å²) in [6, 6.07) is 9.41. The molecule has 0 bridgehead atoms. The van der Waals surface area contributed by atoms with Gasteiger partial charge in [-0.2, -0.15) is 0 Å². The summed E-state index contributed by atoms with van der Waals surface area (Å²) < 4.78 is 5.56. The van der Waals surface area contributed by atoms with Crippen LogP contribution in [-0.4, -0.2) is 21.6 Å². The van der Waals surface area contributed by atoms with E-state index in [1.807, 2.05) is 37.3 Å². The van der Waals surface area contributed by atoms with Crippen LogP contribution in [0, 0.1) is 6.92 Å². The molecule has 0 spiro atoms. The van der Waals surface area contributed by atoms with Crippen molar-refractivity contribution in [1.82, 2.24) is 15.0 Å². The molecule has 3 rings (SSSR count). The number of H-pyrrole nitrogens is 2. The van der Waals surface area contributed by atoms with Crippen LogP contribution >= 0.6 is 0 Å². The fraction of sp³-hybridized carbons (Fsp3) is 0.235. The van der Waals surface area contributed by atoms with Crippen LogP contribution in [0.1, 0.15) is 18.9 Å². The molecule has 0 saturated carbocycles. The quantitative estimate of drug-likeness (QED) is 0.774. The van der Waals surface area contributed by atoms with Crippen molar-refractivity contribution in [3.05, 3.63) is 56.7 Å². The van der Waals surface area contributed by atoms with Crippen LogP contribution in [0.5, 0.6) is 5.75 Å². The maximum absolute atomic E-state index is 11.9. The SMILES string of the molecule is CCCOc1ccc(-c2cc(C)c3[nH]c(=O)[nH]c(=O)c3n2)cc1. The molecule has 2 aromatic heterocycles. The minimum Gasteiger partial charge on any atom is -0.494 e. The largest absolute Gasteiger partial charge is 0.494 e. The molecular formula is C17H17N3O3. The van der Waals surface area contributed by atoms with Gasteiger partial charge in [0.05, 0.1) is 17.8 Å². The van der Waals surface area contributed by atoms with Gasteiger partial charge in [-0.15, -0.1) is 0 Å². The van der Waals surface area contributed by atoms with Gasteiger partial charge in [-0.3, -0.25) is 9.78 Å². The van der Waals surface area contributed by atoms with E-state index in [2.05, 4.69) is 21.9 Å². The molecule has 0 fully saturated rings. The average Bonchev–Trinajstić information content (AvgIpc) is 2.54. The van der Waals surface area contributed by atoms with Crippen molar-refractivity contribution < 1.29 is 4.74 Å². The van der Waals surface area contributed by atoms with Gasteiger partial charge in [0, 0.05) is 5.56 Å². The zero-order valence-electron chi connectivity index (χ0n) is 13.0. The van der Waals surface area contributed by atoms with E-state index in [0.717, 1.165) is 23.3 Å². The van der Waals surface area contributed by atoms with Gasteiger partial charge in [-0.05, 0) is 49.2 Å². The van der Waals surface area contributed by atoms with Crippen molar-refractivity contribution in [2.45, 2.75) is 20.3 Å². The number of nitrogens with one attached hydrogen (secondary N) is 2. The summed E-state index contributed by atoms with van der Waals surface area (Å²) in [6.45, 7) is 4.56. The highest BCUT2D eigenvalue weighted by atomic mass is 16.5. The van der Waals surface area contributed by atoms with E-state index in [9.17, 15) is 9.59 Å². The number of nitrogens with zero attached hydrogens (tertiary/aromatic N) is 1. The summed E-state index contributed by atoms with van der Waals surface area (Å²) in [5, 5.41) is 0. The molecule has 6 heteroatoms.